The van der Waals surface area contributed by atoms with E-state index in [2.05, 4.69) is 60.7 Å². The number of likely N-dealkylation sites (N-methyl/N-ethyl adjacent to an activating group) is 1. The lowest BCUT2D eigenvalue weighted by Gasteiger charge is -2.27. The zero-order valence-electron chi connectivity index (χ0n) is 15.7. The fraction of sp³-hybridized carbons (Fsp3) is 0.579. The first-order chi connectivity index (χ1) is 11.4. The van der Waals surface area contributed by atoms with Crippen LogP contribution in [0, 0.1) is 0 Å². The van der Waals surface area contributed by atoms with Crippen LogP contribution in [0.5, 0.6) is 0 Å². The molecule has 1 rings (SSSR count). The Hall–Kier alpha value is -2.04. The first kappa shape index (κ1) is 20.0. The lowest BCUT2D eigenvalue weighted by molar-refractivity contribution is -0.127. The fourth-order valence-corrected chi connectivity index (χ4v) is 2.14. The van der Waals surface area contributed by atoms with Crippen LogP contribution in [0.4, 0.5) is 0 Å². The molecule has 0 fully saturated rings. The molecule has 1 aromatic carbocycles. The van der Waals surface area contributed by atoms with E-state index in [9.17, 15) is 4.79 Å². The highest BCUT2D eigenvalue weighted by Gasteiger charge is 2.20. The average molecular weight is 332 g/mol. The molecular formula is C19H32N4O. The monoisotopic (exact) mass is 332 g/mol. The van der Waals surface area contributed by atoms with Crippen LogP contribution in [0.1, 0.15) is 39.2 Å². The third kappa shape index (κ3) is 7.02. The SMILES string of the molecule is CCCCNC(=NCC(=O)N(C)C)NCC(C)(C)c1ccccc1. The van der Waals surface area contributed by atoms with Crippen molar-refractivity contribution in [2.75, 3.05) is 33.7 Å². The number of guanidine groups is 1. The molecule has 0 spiro atoms. The maximum absolute atomic E-state index is 11.8. The van der Waals surface area contributed by atoms with Crippen LogP contribution in [-0.2, 0) is 10.2 Å². The quantitative estimate of drug-likeness (QED) is 0.437. The van der Waals surface area contributed by atoms with Gasteiger partial charge in [-0.05, 0) is 12.0 Å². The van der Waals surface area contributed by atoms with E-state index in [1.807, 2.05) is 6.07 Å². The number of rotatable bonds is 8. The summed E-state index contributed by atoms with van der Waals surface area (Å²) in [6.45, 7) is 8.30. The van der Waals surface area contributed by atoms with Crippen LogP contribution in [0.25, 0.3) is 0 Å². The number of benzene rings is 1. The summed E-state index contributed by atoms with van der Waals surface area (Å²) in [6, 6.07) is 10.4. The van der Waals surface area contributed by atoms with Gasteiger partial charge in [-0.2, -0.15) is 0 Å². The number of hydrogen-bond donors (Lipinski definition) is 2. The molecule has 0 aromatic heterocycles. The second-order valence-corrected chi connectivity index (χ2v) is 6.84. The lowest BCUT2D eigenvalue weighted by atomic mass is 9.85. The van der Waals surface area contributed by atoms with Gasteiger partial charge in [0, 0.05) is 32.6 Å². The summed E-state index contributed by atoms with van der Waals surface area (Å²) in [5, 5.41) is 6.69. The van der Waals surface area contributed by atoms with Gasteiger partial charge in [-0.25, -0.2) is 4.99 Å². The number of carbonyl (C=O) groups is 1. The Bertz CT molecular complexity index is 523. The van der Waals surface area contributed by atoms with E-state index >= 15 is 0 Å². The van der Waals surface area contributed by atoms with E-state index in [1.165, 1.54) is 5.56 Å². The van der Waals surface area contributed by atoms with Gasteiger partial charge >= 0.3 is 0 Å². The molecule has 0 atom stereocenters. The van der Waals surface area contributed by atoms with Crippen molar-refractivity contribution in [1.82, 2.24) is 15.5 Å². The molecule has 0 saturated heterocycles. The third-order valence-electron chi connectivity index (χ3n) is 3.95. The molecule has 0 unspecified atom stereocenters. The summed E-state index contributed by atoms with van der Waals surface area (Å²) in [5.41, 5.74) is 1.25. The molecule has 0 bridgehead atoms. The Morgan fingerprint density at radius 3 is 2.42 bits per heavy atom. The number of carbonyl (C=O) groups excluding carboxylic acids is 1. The molecule has 1 aromatic rings. The van der Waals surface area contributed by atoms with Gasteiger partial charge in [-0.3, -0.25) is 4.79 Å². The number of amides is 1. The summed E-state index contributed by atoms with van der Waals surface area (Å²) in [7, 11) is 3.49. The van der Waals surface area contributed by atoms with E-state index in [0.29, 0.717) is 5.96 Å². The van der Waals surface area contributed by atoms with Gasteiger partial charge < -0.3 is 15.5 Å². The Morgan fingerprint density at radius 1 is 1.17 bits per heavy atom. The van der Waals surface area contributed by atoms with Crippen LogP contribution in [0.15, 0.2) is 35.3 Å². The summed E-state index contributed by atoms with van der Waals surface area (Å²) in [6.07, 6.45) is 2.19. The molecule has 0 saturated carbocycles. The van der Waals surface area contributed by atoms with E-state index in [0.717, 1.165) is 25.9 Å². The molecular weight excluding hydrogens is 300 g/mol. The molecule has 24 heavy (non-hydrogen) atoms. The van der Waals surface area contributed by atoms with E-state index in [1.54, 1.807) is 19.0 Å². The summed E-state index contributed by atoms with van der Waals surface area (Å²) < 4.78 is 0. The number of nitrogens with one attached hydrogen (secondary N) is 2. The lowest BCUT2D eigenvalue weighted by Crippen LogP contribution is -2.44. The molecule has 0 aliphatic heterocycles. The molecule has 134 valence electrons. The highest BCUT2D eigenvalue weighted by molar-refractivity contribution is 5.84. The molecule has 5 nitrogen and oxygen atoms in total. The van der Waals surface area contributed by atoms with Crippen molar-refractivity contribution >= 4 is 11.9 Å². The van der Waals surface area contributed by atoms with Crippen molar-refractivity contribution in [1.29, 1.82) is 0 Å². The smallest absolute Gasteiger partial charge is 0.243 e. The van der Waals surface area contributed by atoms with Crippen LogP contribution in [0.3, 0.4) is 0 Å². The Labute approximate surface area is 146 Å². The van der Waals surface area contributed by atoms with Gasteiger partial charge in [-0.1, -0.05) is 57.5 Å². The van der Waals surface area contributed by atoms with E-state index < -0.39 is 0 Å². The van der Waals surface area contributed by atoms with Gasteiger partial charge in [0.1, 0.15) is 6.54 Å². The van der Waals surface area contributed by atoms with Gasteiger partial charge in [0.25, 0.3) is 0 Å². The van der Waals surface area contributed by atoms with Gasteiger partial charge in [-0.15, -0.1) is 0 Å². The van der Waals surface area contributed by atoms with Crippen LogP contribution in [0.2, 0.25) is 0 Å². The van der Waals surface area contributed by atoms with E-state index in [4.69, 9.17) is 0 Å². The van der Waals surface area contributed by atoms with Crippen LogP contribution < -0.4 is 10.6 Å². The number of unbranched alkanes of at least 4 members (excludes halogenated alkanes) is 1. The number of aliphatic imine (C=N–C) groups is 1. The van der Waals surface area contributed by atoms with Gasteiger partial charge in [0.2, 0.25) is 5.91 Å². The molecule has 0 aliphatic carbocycles. The molecule has 0 heterocycles. The first-order valence-corrected chi connectivity index (χ1v) is 8.64. The fourth-order valence-electron chi connectivity index (χ4n) is 2.14. The minimum atomic E-state index is -0.0278. The van der Waals surface area contributed by atoms with Gasteiger partial charge in [0.05, 0.1) is 0 Å². The Balaban J connectivity index is 2.69. The second kappa shape index (κ2) is 9.96. The van der Waals surface area contributed by atoms with Crippen molar-refractivity contribution < 1.29 is 4.79 Å². The Kier molecular flexibility index (Phi) is 8.30. The molecule has 0 radical (unpaired) electrons. The van der Waals surface area contributed by atoms with Crippen molar-refractivity contribution in [3.05, 3.63) is 35.9 Å². The molecule has 5 heteroatoms. The third-order valence-corrected chi connectivity index (χ3v) is 3.95. The van der Waals surface area contributed by atoms with Crippen molar-refractivity contribution in [2.24, 2.45) is 4.99 Å². The van der Waals surface area contributed by atoms with Crippen LogP contribution >= 0.6 is 0 Å². The summed E-state index contributed by atoms with van der Waals surface area (Å²) >= 11 is 0. The molecule has 1 amide bonds. The molecule has 2 N–H and O–H groups in total. The highest BCUT2D eigenvalue weighted by atomic mass is 16.2. The predicted octanol–water partition coefficient (Wildman–Crippen LogP) is 2.39. The van der Waals surface area contributed by atoms with Gasteiger partial charge in [0.15, 0.2) is 5.96 Å². The summed E-state index contributed by atoms with van der Waals surface area (Å²) in [5.74, 6) is 0.691. The average Bonchev–Trinajstić information content (AvgIpc) is 2.57. The predicted molar refractivity (Wildman–Crippen MR) is 101 cm³/mol. The zero-order chi connectivity index (χ0) is 18.0. The normalized spacial score (nSPS) is 12.0. The standard InChI is InChI=1S/C19H32N4O/c1-6-7-13-20-18(21-14-17(24)23(4)5)22-15-19(2,3)16-11-9-8-10-12-16/h8-12H,6-7,13-15H2,1-5H3,(H2,20,21,22). The Morgan fingerprint density at radius 2 is 1.83 bits per heavy atom. The van der Waals surface area contributed by atoms with Crippen molar-refractivity contribution in [3.8, 4) is 0 Å². The maximum atomic E-state index is 11.8. The largest absolute Gasteiger partial charge is 0.356 e. The number of nitrogens with zero attached hydrogens (tertiary/aromatic N) is 2. The minimum Gasteiger partial charge on any atom is -0.356 e. The maximum Gasteiger partial charge on any atom is 0.243 e. The molecule has 0 aliphatic rings. The topological polar surface area (TPSA) is 56.7 Å². The first-order valence-electron chi connectivity index (χ1n) is 8.64. The zero-order valence-corrected chi connectivity index (χ0v) is 15.7. The highest BCUT2D eigenvalue weighted by Crippen LogP contribution is 2.21. The minimum absolute atomic E-state index is 0.00564. The van der Waals surface area contributed by atoms with Crippen LogP contribution in [-0.4, -0.2) is 50.5 Å². The van der Waals surface area contributed by atoms with E-state index in [-0.39, 0.29) is 17.9 Å². The second-order valence-electron chi connectivity index (χ2n) is 6.84. The summed E-state index contributed by atoms with van der Waals surface area (Å²) in [4.78, 5) is 17.7. The van der Waals surface area contributed by atoms with Crippen molar-refractivity contribution in [2.45, 2.75) is 39.0 Å². The van der Waals surface area contributed by atoms with Crippen molar-refractivity contribution in [3.63, 3.8) is 0 Å². The number of hydrogen-bond acceptors (Lipinski definition) is 2.